The minimum absolute atomic E-state index is 0.0145. The molecular weight excluding hydrogens is 1350 g/mol. The number of fused-ring (bicyclic) bond motifs is 3. The quantitative estimate of drug-likeness (QED) is 0.0525. The molecule has 0 aliphatic carbocycles. The molecule has 572 valence electrons. The van der Waals surface area contributed by atoms with Crippen molar-refractivity contribution in [3.8, 4) is 0 Å². The molecule has 12 amide bonds. The summed E-state index contributed by atoms with van der Waals surface area (Å²) in [5.41, 5.74) is 6.46. The van der Waals surface area contributed by atoms with Crippen molar-refractivity contribution in [1.82, 2.24) is 56.8 Å². The van der Waals surface area contributed by atoms with E-state index in [1.165, 1.54) is 47.4 Å². The Bertz CT molecular complexity index is 3390. The topological polar surface area (TPSA) is 452 Å². The van der Waals surface area contributed by atoms with E-state index < -0.39 is 218 Å². The monoisotopic (exact) mass is 1450 g/mol. The van der Waals surface area contributed by atoms with E-state index in [0.717, 1.165) is 11.6 Å². The summed E-state index contributed by atoms with van der Waals surface area (Å²) < 4.78 is 6.21. The fraction of sp³-hybridized carbons (Fsp3) is 0.616. The highest BCUT2D eigenvalue weighted by atomic mass is 16.5. The predicted molar refractivity (Wildman–Crippen MR) is 376 cm³/mol. The average molecular weight is 1460 g/mol. The van der Waals surface area contributed by atoms with Crippen LogP contribution in [-0.2, 0) is 84.7 Å². The number of primary amides is 1. The Labute approximate surface area is 606 Å². The summed E-state index contributed by atoms with van der Waals surface area (Å²) in [6.07, 6.45) is -6.53. The molecule has 104 heavy (non-hydrogen) atoms. The first-order valence-corrected chi connectivity index (χ1v) is 36.0. The van der Waals surface area contributed by atoms with Gasteiger partial charge in [-0.3, -0.25) is 62.3 Å². The molecule has 31 nitrogen and oxygen atoms in total. The second-order valence-corrected chi connectivity index (χ2v) is 28.0. The highest BCUT2D eigenvalue weighted by Gasteiger charge is 2.46. The lowest BCUT2D eigenvalue weighted by Crippen LogP contribution is -2.60. The maximum atomic E-state index is 15.3. The Morgan fingerprint density at radius 1 is 0.673 bits per heavy atom. The number of nitrogens with one attached hydrogen (secondary N) is 7. The minimum Gasteiger partial charge on any atom is -0.461 e. The molecule has 4 fully saturated rings. The number of benzene rings is 2. The van der Waals surface area contributed by atoms with Crippen LogP contribution < -0.4 is 43.0 Å². The van der Waals surface area contributed by atoms with Crippen LogP contribution >= 0.6 is 0 Å². The van der Waals surface area contributed by atoms with Crippen LogP contribution in [0.5, 0.6) is 0 Å². The van der Waals surface area contributed by atoms with E-state index in [9.17, 15) is 78.0 Å². The van der Waals surface area contributed by atoms with E-state index in [0.29, 0.717) is 24.8 Å². The molecule has 2 aromatic rings. The number of ether oxygens (including phenoxy) is 1. The summed E-state index contributed by atoms with van der Waals surface area (Å²) in [6.45, 7) is 9.08. The molecule has 0 saturated carbocycles. The average Bonchev–Trinajstić information content (AvgIpc) is 1.61. The highest BCUT2D eigenvalue weighted by Crippen LogP contribution is 2.31. The van der Waals surface area contributed by atoms with Crippen LogP contribution in [0.2, 0.25) is 0 Å². The lowest BCUT2D eigenvalue weighted by Gasteiger charge is -2.33. The van der Waals surface area contributed by atoms with Crippen LogP contribution in [0.4, 0.5) is 0 Å². The van der Waals surface area contributed by atoms with Crippen molar-refractivity contribution in [3.05, 3.63) is 83.6 Å². The standard InChI is InChI=1S/C73H106N12O19/c1-9-42(5)61-68(98)79-53(40-86)66(96)76-50(10-2)65(95)81-62(43(6)87)69(99)78-52(28-27-45-20-13-11-14-21-45)71(101)84-32-17-24-54(84)58(90)37-47(36-49(38-48(89)35-46-22-15-12-16-23-46)104-73(103)57(34-41(3)4)82(8)44(7)88)63(93)70(100)77-51(29-30-59(74)91)64(94)75-39-60(92)83-31-19-26-56(83)72(102)85-33-18-25-55(85)67(97)80-61/h10-16,20-23,41-43,47-49,51-57,61-63,86-87,89,93H,9,17-19,24-40H2,1-8H3,(H2,74,91)(H,75,94)(H,76,96)(H,77,100)(H,78,99)(H,79,98)(H,80,97)(H,81,95)/b50-10+. The van der Waals surface area contributed by atoms with Crippen LogP contribution in [0.25, 0.3) is 0 Å². The number of aryl methyl sites for hydroxylation is 1. The van der Waals surface area contributed by atoms with Crippen molar-refractivity contribution in [2.45, 2.75) is 230 Å². The van der Waals surface area contributed by atoms with Crippen molar-refractivity contribution >= 4 is 82.6 Å². The molecule has 0 radical (unpaired) electrons. The first kappa shape index (κ1) is 83.7. The van der Waals surface area contributed by atoms with Crippen LogP contribution in [-0.4, -0.2) is 241 Å². The molecule has 2 aromatic carbocycles. The zero-order valence-corrected chi connectivity index (χ0v) is 60.7. The Morgan fingerprint density at radius 3 is 1.84 bits per heavy atom. The number of hydrogen-bond acceptors (Lipinski definition) is 19. The number of allylic oxidation sites excluding steroid dienone is 1. The predicted octanol–water partition coefficient (Wildman–Crippen LogP) is -1.02. The van der Waals surface area contributed by atoms with E-state index in [4.69, 9.17) is 10.5 Å². The molecule has 0 spiro atoms. The SMILES string of the molecule is C/C=C1/NC(=O)C(CO)NC(=O)C(C(C)CC)NC(=O)C2CCCN2C(=O)C2CCCN2C(=O)CNC(=O)C(CCC(N)=O)NC(=O)C(O)C(CC(CC(O)Cc2ccccc2)OC(=O)C(CC(C)C)N(C)C(C)=O)CC(=O)C2CCCN2C(=O)C(CCc2ccccc2)NC(=O)C(C(C)O)NC1=O. The third-order valence-corrected chi connectivity index (χ3v) is 19.8. The molecule has 31 heteroatoms. The number of hydrogen-bond donors (Lipinski definition) is 12. The Hall–Kier alpha value is -9.20. The molecule has 13 N–H and O–H groups in total. The fourth-order valence-corrected chi connectivity index (χ4v) is 13.6. The van der Waals surface area contributed by atoms with Gasteiger partial charge in [0, 0.05) is 58.8 Å². The molecule has 4 aliphatic heterocycles. The molecule has 15 atom stereocenters. The number of nitrogens with zero attached hydrogens (tertiary/aromatic N) is 4. The summed E-state index contributed by atoms with van der Waals surface area (Å²) >= 11 is 0. The van der Waals surface area contributed by atoms with Crippen molar-refractivity contribution in [2.75, 3.05) is 39.8 Å². The number of Topliss-reactive ketones (excluding diaryl/α,β-unsaturated/α-hetero) is 1. The first-order chi connectivity index (χ1) is 49.4. The van der Waals surface area contributed by atoms with Crippen LogP contribution in [0.15, 0.2) is 72.4 Å². The summed E-state index contributed by atoms with van der Waals surface area (Å²) in [7, 11) is 1.41. The van der Waals surface area contributed by atoms with Gasteiger partial charge in [-0.1, -0.05) is 101 Å². The molecule has 4 aliphatic rings. The number of aliphatic hydroxyl groups excluding tert-OH is 4. The van der Waals surface area contributed by atoms with E-state index in [1.54, 1.807) is 74.5 Å². The summed E-state index contributed by atoms with van der Waals surface area (Å²) in [6, 6.07) is 4.68. The van der Waals surface area contributed by atoms with E-state index in [1.807, 2.05) is 13.8 Å². The number of amides is 12. The van der Waals surface area contributed by atoms with Gasteiger partial charge in [-0.05, 0) is 114 Å². The van der Waals surface area contributed by atoms with Gasteiger partial charge in [0.05, 0.1) is 31.4 Å². The number of rotatable bonds is 21. The van der Waals surface area contributed by atoms with E-state index >= 15 is 9.59 Å². The third kappa shape index (κ3) is 23.7. The number of carbonyl (C=O) groups excluding carboxylic acids is 14. The Balaban J connectivity index is 1.44. The van der Waals surface area contributed by atoms with Gasteiger partial charge in [0.25, 0.3) is 5.91 Å². The van der Waals surface area contributed by atoms with E-state index in [-0.39, 0.29) is 83.3 Å². The molecule has 0 bridgehead atoms. The van der Waals surface area contributed by atoms with Gasteiger partial charge in [-0.25, -0.2) is 4.79 Å². The van der Waals surface area contributed by atoms with Crippen LogP contribution in [0.1, 0.15) is 149 Å². The van der Waals surface area contributed by atoms with Gasteiger partial charge in [-0.15, -0.1) is 0 Å². The number of carbonyl (C=O) groups is 14. The Kier molecular flexibility index (Phi) is 32.3. The lowest BCUT2D eigenvalue weighted by atomic mass is 9.85. The van der Waals surface area contributed by atoms with Gasteiger partial charge < -0.3 is 87.7 Å². The fourth-order valence-electron chi connectivity index (χ4n) is 13.6. The van der Waals surface area contributed by atoms with Gasteiger partial charge in [-0.2, -0.15) is 0 Å². The second-order valence-electron chi connectivity index (χ2n) is 28.0. The van der Waals surface area contributed by atoms with Crippen molar-refractivity contribution in [1.29, 1.82) is 0 Å². The molecule has 4 heterocycles. The second kappa shape index (κ2) is 40.2. The third-order valence-electron chi connectivity index (χ3n) is 19.8. The first-order valence-electron chi connectivity index (χ1n) is 36.0. The number of likely N-dealkylation sites (N-methyl/N-ethyl adjacent to an activating group) is 1. The molecule has 6 rings (SSSR count). The zero-order chi connectivity index (χ0) is 76.6. The van der Waals surface area contributed by atoms with Crippen LogP contribution in [0.3, 0.4) is 0 Å². The maximum absolute atomic E-state index is 15.3. The number of aliphatic hydroxyl groups is 4. The van der Waals surface area contributed by atoms with Crippen molar-refractivity contribution in [2.24, 2.45) is 23.5 Å². The largest absolute Gasteiger partial charge is 0.461 e. The Morgan fingerprint density at radius 2 is 1.25 bits per heavy atom. The van der Waals surface area contributed by atoms with Gasteiger partial charge in [0.1, 0.15) is 66.2 Å². The van der Waals surface area contributed by atoms with Gasteiger partial charge >= 0.3 is 5.97 Å². The minimum atomic E-state index is -2.30. The molecule has 0 aromatic heterocycles. The molecular formula is C73H106N12O19. The summed E-state index contributed by atoms with van der Waals surface area (Å²) in [5.74, 6) is -14.9. The van der Waals surface area contributed by atoms with Gasteiger partial charge in [0.2, 0.25) is 65.0 Å². The normalized spacial score (nSPS) is 26.2. The summed E-state index contributed by atoms with van der Waals surface area (Å²) in [4.78, 5) is 204. The maximum Gasteiger partial charge on any atom is 0.329 e. The molecule has 15 unspecified atom stereocenters. The van der Waals surface area contributed by atoms with Crippen molar-refractivity contribution in [3.63, 3.8) is 0 Å². The number of esters is 1. The van der Waals surface area contributed by atoms with E-state index in [2.05, 4.69) is 37.2 Å². The zero-order valence-electron chi connectivity index (χ0n) is 60.7. The van der Waals surface area contributed by atoms with Gasteiger partial charge in [0.15, 0.2) is 5.78 Å². The smallest absolute Gasteiger partial charge is 0.329 e. The highest BCUT2D eigenvalue weighted by molar-refractivity contribution is 6.03. The lowest BCUT2D eigenvalue weighted by molar-refractivity contribution is -0.162. The number of nitrogens with two attached hydrogens (primary N) is 1. The number of ketones is 1. The van der Waals surface area contributed by atoms with Crippen molar-refractivity contribution < 1.29 is 92.3 Å². The molecule has 4 saturated heterocycles. The summed E-state index contributed by atoms with van der Waals surface area (Å²) in [5, 5.41) is 63.4. The van der Waals surface area contributed by atoms with Crippen LogP contribution in [0, 0.1) is 17.8 Å².